The minimum Gasteiger partial charge on any atom is -0.384 e. The summed E-state index contributed by atoms with van der Waals surface area (Å²) in [7, 11) is 3.62. The van der Waals surface area contributed by atoms with Gasteiger partial charge in [-0.15, -0.1) is 11.3 Å². The number of thiazole rings is 1. The van der Waals surface area contributed by atoms with Crippen molar-refractivity contribution in [3.8, 4) is 10.7 Å². The Bertz CT molecular complexity index is 612. The molecule has 7 heteroatoms. The van der Waals surface area contributed by atoms with E-state index >= 15 is 0 Å². The number of hydrogen-bond donors (Lipinski definition) is 1. The first-order chi connectivity index (χ1) is 9.04. The normalized spacial score (nSPS) is 11.4. The number of nitrogens with one attached hydrogen (secondary N) is 1. The first-order valence-electron chi connectivity index (χ1n) is 6.15. The van der Waals surface area contributed by atoms with E-state index < -0.39 is 0 Å². The van der Waals surface area contributed by atoms with Crippen LogP contribution >= 0.6 is 23.6 Å². The van der Waals surface area contributed by atoms with E-state index in [4.69, 9.17) is 21.9 Å². The van der Waals surface area contributed by atoms with E-state index in [0.717, 1.165) is 27.8 Å². The summed E-state index contributed by atoms with van der Waals surface area (Å²) in [5.41, 5.74) is 1.08. The lowest BCUT2D eigenvalue weighted by Crippen LogP contribution is -1.97. The molecule has 0 unspecified atom stereocenters. The maximum Gasteiger partial charge on any atom is 0.195 e. The van der Waals surface area contributed by atoms with Crippen LogP contribution in [0.4, 0.5) is 0 Å². The van der Waals surface area contributed by atoms with Crippen molar-refractivity contribution in [2.24, 2.45) is 7.05 Å². The van der Waals surface area contributed by atoms with Crippen molar-refractivity contribution in [3.05, 3.63) is 15.5 Å². The van der Waals surface area contributed by atoms with Gasteiger partial charge in [0.25, 0.3) is 0 Å². The molecule has 5 nitrogen and oxygen atoms in total. The lowest BCUT2D eigenvalue weighted by molar-refractivity contribution is 0.202. The van der Waals surface area contributed by atoms with Crippen LogP contribution in [0.3, 0.4) is 0 Å². The Kier molecular flexibility index (Phi) is 4.49. The Hall–Kier alpha value is -1.05. The van der Waals surface area contributed by atoms with E-state index in [2.05, 4.69) is 24.0 Å². The van der Waals surface area contributed by atoms with E-state index in [9.17, 15) is 0 Å². The zero-order chi connectivity index (χ0) is 14.0. The Morgan fingerprint density at radius 3 is 2.74 bits per heavy atom. The predicted molar refractivity (Wildman–Crippen MR) is 79.2 cm³/mol. The van der Waals surface area contributed by atoms with Gasteiger partial charge in [-0.3, -0.25) is 5.10 Å². The zero-order valence-electron chi connectivity index (χ0n) is 11.6. The SMILES string of the molecule is COCCc1nc(C(C)C)c(-c2n[nH]c(=S)n2C)s1. The van der Waals surface area contributed by atoms with Crippen LogP contribution < -0.4 is 0 Å². The summed E-state index contributed by atoms with van der Waals surface area (Å²) in [6.45, 7) is 4.96. The molecule has 0 amide bonds. The van der Waals surface area contributed by atoms with Crippen molar-refractivity contribution in [1.82, 2.24) is 19.7 Å². The second kappa shape index (κ2) is 5.94. The molecule has 2 aromatic heterocycles. The van der Waals surface area contributed by atoms with Gasteiger partial charge in [-0.2, -0.15) is 5.10 Å². The highest BCUT2D eigenvalue weighted by molar-refractivity contribution is 7.71. The number of H-pyrrole nitrogens is 1. The molecule has 2 rings (SSSR count). The standard InChI is InChI=1S/C12H18N4OS2/c1-7(2)9-10(11-14-15-12(18)16(11)3)19-8(13-9)5-6-17-4/h7H,5-6H2,1-4H3,(H,15,18). The number of nitrogens with zero attached hydrogens (tertiary/aromatic N) is 3. The number of ether oxygens (including phenoxy) is 1. The molecule has 0 aliphatic rings. The summed E-state index contributed by atoms with van der Waals surface area (Å²) in [4.78, 5) is 5.80. The zero-order valence-corrected chi connectivity index (χ0v) is 13.2. The van der Waals surface area contributed by atoms with Gasteiger partial charge in [0, 0.05) is 20.6 Å². The average molecular weight is 298 g/mol. The summed E-state index contributed by atoms with van der Waals surface area (Å²) in [5, 5.41) is 8.21. The van der Waals surface area contributed by atoms with Gasteiger partial charge in [0.1, 0.15) is 0 Å². The highest BCUT2D eigenvalue weighted by atomic mass is 32.1. The molecule has 1 N–H and O–H groups in total. The van der Waals surface area contributed by atoms with Crippen molar-refractivity contribution in [2.45, 2.75) is 26.2 Å². The smallest absolute Gasteiger partial charge is 0.195 e. The molecule has 0 aromatic carbocycles. The van der Waals surface area contributed by atoms with Crippen LogP contribution in [0.5, 0.6) is 0 Å². The minimum absolute atomic E-state index is 0.354. The van der Waals surface area contributed by atoms with E-state index in [-0.39, 0.29) is 0 Å². The van der Waals surface area contributed by atoms with Gasteiger partial charge in [-0.05, 0) is 18.1 Å². The Balaban J connectivity index is 2.46. The molecule has 0 saturated heterocycles. The van der Waals surface area contributed by atoms with Crippen LogP contribution in [0.25, 0.3) is 10.7 Å². The van der Waals surface area contributed by atoms with Crippen molar-refractivity contribution >= 4 is 23.6 Å². The maximum atomic E-state index is 5.17. The summed E-state index contributed by atoms with van der Waals surface area (Å²) < 4.78 is 7.62. The van der Waals surface area contributed by atoms with Crippen LogP contribution in [-0.4, -0.2) is 33.5 Å². The van der Waals surface area contributed by atoms with Crippen molar-refractivity contribution < 1.29 is 4.74 Å². The minimum atomic E-state index is 0.354. The molecule has 0 aliphatic carbocycles. The second-order valence-electron chi connectivity index (χ2n) is 4.63. The van der Waals surface area contributed by atoms with E-state index in [1.165, 1.54) is 0 Å². The van der Waals surface area contributed by atoms with Gasteiger partial charge >= 0.3 is 0 Å². The first-order valence-corrected chi connectivity index (χ1v) is 7.37. The molecule has 0 saturated carbocycles. The predicted octanol–water partition coefficient (Wildman–Crippen LogP) is 2.91. The van der Waals surface area contributed by atoms with Crippen LogP contribution in [0.1, 0.15) is 30.5 Å². The average Bonchev–Trinajstić information content (AvgIpc) is 2.92. The Morgan fingerprint density at radius 2 is 2.21 bits per heavy atom. The van der Waals surface area contributed by atoms with E-state index in [0.29, 0.717) is 17.3 Å². The molecule has 104 valence electrons. The number of aromatic nitrogens is 4. The van der Waals surface area contributed by atoms with Crippen molar-refractivity contribution in [3.63, 3.8) is 0 Å². The quantitative estimate of drug-likeness (QED) is 0.862. The molecule has 0 aliphatic heterocycles. The van der Waals surface area contributed by atoms with Crippen LogP contribution in [-0.2, 0) is 18.2 Å². The van der Waals surface area contributed by atoms with Gasteiger partial charge in [-0.1, -0.05) is 13.8 Å². The van der Waals surface area contributed by atoms with Crippen LogP contribution in [0, 0.1) is 4.77 Å². The molecule has 0 atom stereocenters. The second-order valence-corrected chi connectivity index (χ2v) is 6.10. The fourth-order valence-electron chi connectivity index (χ4n) is 1.78. The van der Waals surface area contributed by atoms with Gasteiger partial charge in [0.15, 0.2) is 10.6 Å². The van der Waals surface area contributed by atoms with Crippen molar-refractivity contribution in [2.75, 3.05) is 13.7 Å². The number of aromatic amines is 1. The molecule has 19 heavy (non-hydrogen) atoms. The first kappa shape index (κ1) is 14.4. The lowest BCUT2D eigenvalue weighted by atomic mass is 10.1. The number of methoxy groups -OCH3 is 1. The highest BCUT2D eigenvalue weighted by Crippen LogP contribution is 2.33. The molecule has 0 fully saturated rings. The molecule has 0 radical (unpaired) electrons. The van der Waals surface area contributed by atoms with E-state index in [1.807, 2.05) is 11.6 Å². The summed E-state index contributed by atoms with van der Waals surface area (Å²) in [5.74, 6) is 1.21. The molecule has 0 bridgehead atoms. The largest absolute Gasteiger partial charge is 0.384 e. The van der Waals surface area contributed by atoms with Gasteiger partial charge in [0.05, 0.1) is 22.2 Å². The topological polar surface area (TPSA) is 55.7 Å². The molecule has 2 aromatic rings. The third-order valence-electron chi connectivity index (χ3n) is 2.85. The van der Waals surface area contributed by atoms with Crippen molar-refractivity contribution in [1.29, 1.82) is 0 Å². The van der Waals surface area contributed by atoms with Crippen LogP contribution in [0.15, 0.2) is 0 Å². The molecule has 0 spiro atoms. The van der Waals surface area contributed by atoms with Gasteiger partial charge in [-0.25, -0.2) is 4.98 Å². The summed E-state index contributed by atoms with van der Waals surface area (Å²) in [6, 6.07) is 0. The maximum absolute atomic E-state index is 5.17. The lowest BCUT2D eigenvalue weighted by Gasteiger charge is -2.04. The fraction of sp³-hybridized carbons (Fsp3) is 0.583. The molecular weight excluding hydrogens is 280 g/mol. The summed E-state index contributed by atoms with van der Waals surface area (Å²) in [6.07, 6.45) is 0.829. The Labute approximate surface area is 121 Å². The van der Waals surface area contributed by atoms with Gasteiger partial charge < -0.3 is 9.30 Å². The fourth-order valence-corrected chi connectivity index (χ4v) is 3.13. The highest BCUT2D eigenvalue weighted by Gasteiger charge is 2.19. The molecular formula is C12H18N4OS2. The van der Waals surface area contributed by atoms with Gasteiger partial charge in [0.2, 0.25) is 0 Å². The summed E-state index contributed by atoms with van der Waals surface area (Å²) >= 11 is 6.84. The third-order valence-corrected chi connectivity index (χ3v) is 4.34. The van der Waals surface area contributed by atoms with E-state index in [1.54, 1.807) is 18.4 Å². The Morgan fingerprint density at radius 1 is 1.47 bits per heavy atom. The van der Waals surface area contributed by atoms with Crippen LogP contribution in [0.2, 0.25) is 0 Å². The molecule has 2 heterocycles. The monoisotopic (exact) mass is 298 g/mol. The third kappa shape index (κ3) is 2.93. The number of rotatable bonds is 5. The number of hydrogen-bond acceptors (Lipinski definition) is 5.